The highest BCUT2D eigenvalue weighted by Crippen LogP contribution is 2.35. The van der Waals surface area contributed by atoms with Crippen LogP contribution in [0.5, 0.6) is 5.75 Å². The van der Waals surface area contributed by atoms with Crippen molar-refractivity contribution in [1.29, 1.82) is 0 Å². The number of nitrogens with zero attached hydrogens (tertiary/aromatic N) is 3. The van der Waals surface area contributed by atoms with Gasteiger partial charge in [0.15, 0.2) is 0 Å². The zero-order chi connectivity index (χ0) is 22.9. The van der Waals surface area contributed by atoms with Gasteiger partial charge in [0.2, 0.25) is 5.95 Å². The molecule has 7 nitrogen and oxygen atoms in total. The van der Waals surface area contributed by atoms with Crippen LogP contribution in [-0.2, 0) is 6.18 Å². The second-order valence-corrected chi connectivity index (χ2v) is 7.71. The number of likely N-dealkylation sites (N-methyl/N-ethyl adjacent to an activating group) is 1. The van der Waals surface area contributed by atoms with E-state index in [0.29, 0.717) is 23.1 Å². The number of hydrogen-bond acceptors (Lipinski definition) is 7. The van der Waals surface area contributed by atoms with Gasteiger partial charge in [-0.25, -0.2) is 4.98 Å². The normalized spacial score (nSPS) is 16.5. The van der Waals surface area contributed by atoms with E-state index in [0.717, 1.165) is 43.6 Å². The number of aromatic nitrogens is 2. The van der Waals surface area contributed by atoms with Gasteiger partial charge in [-0.15, -0.1) is 0 Å². The molecule has 1 aromatic heterocycles. The lowest BCUT2D eigenvalue weighted by Gasteiger charge is -2.21. The predicted molar refractivity (Wildman–Crippen MR) is 120 cm³/mol. The van der Waals surface area contributed by atoms with Gasteiger partial charge < -0.3 is 26.0 Å². The van der Waals surface area contributed by atoms with E-state index in [4.69, 9.17) is 10.5 Å². The smallest absolute Gasteiger partial charge is 0.416 e. The van der Waals surface area contributed by atoms with E-state index in [2.05, 4.69) is 32.4 Å². The molecule has 1 fully saturated rings. The number of nitrogens with two attached hydrogens (primary N) is 1. The highest BCUT2D eigenvalue weighted by atomic mass is 19.4. The second kappa shape index (κ2) is 8.70. The van der Waals surface area contributed by atoms with E-state index in [1.165, 1.54) is 6.07 Å². The number of anilines is 4. The van der Waals surface area contributed by atoms with Crippen molar-refractivity contribution in [1.82, 2.24) is 15.3 Å². The lowest BCUT2D eigenvalue weighted by atomic mass is 10.1. The van der Waals surface area contributed by atoms with Crippen molar-refractivity contribution in [2.24, 2.45) is 0 Å². The molecule has 0 aliphatic carbocycles. The third kappa shape index (κ3) is 4.64. The molecule has 4 N–H and O–H groups in total. The summed E-state index contributed by atoms with van der Waals surface area (Å²) in [7, 11) is 1.59. The zero-order valence-electron chi connectivity index (χ0n) is 17.8. The van der Waals surface area contributed by atoms with Crippen molar-refractivity contribution < 1.29 is 17.9 Å². The average Bonchev–Trinajstić information content (AvgIpc) is 3.20. The Hall–Kier alpha value is -3.27. The first-order chi connectivity index (χ1) is 15.3. The molecule has 0 amide bonds. The first-order valence-electron chi connectivity index (χ1n) is 10.4. The third-order valence-corrected chi connectivity index (χ3v) is 5.40. The molecule has 1 aliphatic heterocycles. The zero-order valence-corrected chi connectivity index (χ0v) is 17.8. The SMILES string of the molecule is CCN[C@H]1CCN(c2nc(Nc3cc(N)cc(C(F)(F)F)c3)nc3ccc(OC)cc23)C1. The molecular weight excluding hydrogens is 421 g/mol. The molecule has 170 valence electrons. The van der Waals surface area contributed by atoms with Crippen molar-refractivity contribution in [3.63, 3.8) is 0 Å². The van der Waals surface area contributed by atoms with Gasteiger partial charge in [-0.1, -0.05) is 6.92 Å². The Morgan fingerprint density at radius 1 is 1.19 bits per heavy atom. The molecule has 2 heterocycles. The van der Waals surface area contributed by atoms with Crippen molar-refractivity contribution in [3.8, 4) is 5.75 Å². The average molecular weight is 446 g/mol. The lowest BCUT2D eigenvalue weighted by molar-refractivity contribution is -0.137. The van der Waals surface area contributed by atoms with E-state index < -0.39 is 11.7 Å². The molecule has 0 spiro atoms. The van der Waals surface area contributed by atoms with E-state index in [1.54, 1.807) is 13.2 Å². The Morgan fingerprint density at radius 3 is 2.72 bits per heavy atom. The number of nitrogen functional groups attached to an aromatic ring is 1. The van der Waals surface area contributed by atoms with Crippen molar-refractivity contribution in [2.75, 3.05) is 42.7 Å². The maximum atomic E-state index is 13.2. The van der Waals surface area contributed by atoms with Crippen LogP contribution in [0.4, 0.5) is 36.3 Å². The fourth-order valence-corrected chi connectivity index (χ4v) is 3.94. The fraction of sp³-hybridized carbons (Fsp3) is 0.364. The number of halogens is 3. The van der Waals surface area contributed by atoms with Crippen molar-refractivity contribution >= 4 is 34.0 Å². The van der Waals surface area contributed by atoms with Crippen molar-refractivity contribution in [2.45, 2.75) is 25.6 Å². The Labute approximate surface area is 183 Å². The third-order valence-electron chi connectivity index (χ3n) is 5.40. The van der Waals surface area contributed by atoms with E-state index in [-0.39, 0.29) is 17.3 Å². The van der Waals surface area contributed by atoms with Crippen LogP contribution in [-0.4, -0.2) is 42.8 Å². The Bertz CT molecular complexity index is 1120. The molecule has 1 atom stereocenters. The molecule has 2 aromatic carbocycles. The minimum Gasteiger partial charge on any atom is -0.497 e. The monoisotopic (exact) mass is 446 g/mol. The van der Waals surface area contributed by atoms with E-state index in [9.17, 15) is 13.2 Å². The van der Waals surface area contributed by atoms with Gasteiger partial charge in [0.25, 0.3) is 0 Å². The molecule has 1 saturated heterocycles. The highest BCUT2D eigenvalue weighted by molar-refractivity contribution is 5.92. The van der Waals surface area contributed by atoms with Gasteiger partial charge in [0.05, 0.1) is 18.2 Å². The summed E-state index contributed by atoms with van der Waals surface area (Å²) >= 11 is 0. The number of methoxy groups -OCH3 is 1. The number of rotatable bonds is 6. The number of nitrogens with one attached hydrogen (secondary N) is 2. The molecular formula is C22H25F3N6O. The second-order valence-electron chi connectivity index (χ2n) is 7.71. The number of benzene rings is 2. The van der Waals surface area contributed by atoms with Crippen LogP contribution in [0.25, 0.3) is 10.9 Å². The van der Waals surface area contributed by atoms with Gasteiger partial charge in [-0.05, 0) is 49.4 Å². The highest BCUT2D eigenvalue weighted by Gasteiger charge is 2.31. The number of alkyl halides is 3. The van der Waals surface area contributed by atoms with Crippen LogP contribution in [0, 0.1) is 0 Å². The molecule has 4 rings (SSSR count). The number of fused-ring (bicyclic) bond motifs is 1. The Balaban J connectivity index is 1.74. The van der Waals surface area contributed by atoms with Crippen molar-refractivity contribution in [3.05, 3.63) is 42.0 Å². The van der Waals surface area contributed by atoms with Gasteiger partial charge in [-0.2, -0.15) is 18.2 Å². The van der Waals surface area contributed by atoms with Crippen LogP contribution >= 0.6 is 0 Å². The van der Waals surface area contributed by atoms with Gasteiger partial charge in [0.1, 0.15) is 11.6 Å². The summed E-state index contributed by atoms with van der Waals surface area (Å²) in [6.07, 6.45) is -3.54. The summed E-state index contributed by atoms with van der Waals surface area (Å²) in [5, 5.41) is 7.17. The molecule has 0 radical (unpaired) electrons. The summed E-state index contributed by atoms with van der Waals surface area (Å²) in [5.74, 6) is 1.58. The van der Waals surface area contributed by atoms with Gasteiger partial charge in [0, 0.05) is 35.9 Å². The topological polar surface area (TPSA) is 88.3 Å². The van der Waals surface area contributed by atoms with Gasteiger partial charge >= 0.3 is 6.18 Å². The molecule has 0 unspecified atom stereocenters. The fourth-order valence-electron chi connectivity index (χ4n) is 3.94. The van der Waals surface area contributed by atoms with Crippen LogP contribution in [0.2, 0.25) is 0 Å². The lowest BCUT2D eigenvalue weighted by Crippen LogP contribution is -2.32. The Kier molecular flexibility index (Phi) is 5.96. The summed E-state index contributed by atoms with van der Waals surface area (Å²) in [4.78, 5) is 11.3. The molecule has 3 aromatic rings. The quantitative estimate of drug-likeness (QED) is 0.490. The molecule has 0 saturated carbocycles. The summed E-state index contributed by atoms with van der Waals surface area (Å²) < 4.78 is 44.9. The molecule has 32 heavy (non-hydrogen) atoms. The minimum absolute atomic E-state index is 0.00102. The summed E-state index contributed by atoms with van der Waals surface area (Å²) in [5.41, 5.74) is 5.69. The van der Waals surface area contributed by atoms with Crippen LogP contribution in [0.3, 0.4) is 0 Å². The first kappa shape index (κ1) is 21.9. The summed E-state index contributed by atoms with van der Waals surface area (Å²) in [6, 6.07) is 9.13. The maximum absolute atomic E-state index is 13.2. The Morgan fingerprint density at radius 2 is 2.00 bits per heavy atom. The van der Waals surface area contributed by atoms with Crippen LogP contribution < -0.4 is 26.0 Å². The summed E-state index contributed by atoms with van der Waals surface area (Å²) in [6.45, 7) is 4.51. The molecule has 0 bridgehead atoms. The van der Waals surface area contributed by atoms with E-state index in [1.807, 2.05) is 12.1 Å². The van der Waals surface area contributed by atoms with Crippen LogP contribution in [0.15, 0.2) is 36.4 Å². The van der Waals surface area contributed by atoms with Gasteiger partial charge in [-0.3, -0.25) is 0 Å². The number of ether oxygens (including phenoxy) is 1. The number of hydrogen-bond donors (Lipinski definition) is 3. The standard InChI is InChI=1S/C22H25F3N6O/c1-3-27-15-6-7-31(12-15)20-18-11-17(32-2)4-5-19(18)29-21(30-20)28-16-9-13(22(23,24)25)8-14(26)10-16/h4-5,8-11,15,27H,3,6-7,12,26H2,1-2H3,(H,28,29,30)/t15-/m0/s1. The minimum atomic E-state index is -4.51. The maximum Gasteiger partial charge on any atom is 0.416 e. The first-order valence-corrected chi connectivity index (χ1v) is 10.4. The van der Waals surface area contributed by atoms with E-state index >= 15 is 0 Å². The molecule has 10 heteroatoms. The molecule has 1 aliphatic rings. The van der Waals surface area contributed by atoms with Crippen LogP contribution in [0.1, 0.15) is 18.9 Å². The largest absolute Gasteiger partial charge is 0.497 e. The predicted octanol–water partition coefficient (Wildman–Crippen LogP) is 4.17.